The van der Waals surface area contributed by atoms with Crippen LogP contribution in [0.15, 0.2) is 41.4 Å². The molecule has 0 fully saturated rings. The van der Waals surface area contributed by atoms with Crippen molar-refractivity contribution in [1.29, 1.82) is 0 Å². The molecule has 0 saturated carbocycles. The van der Waals surface area contributed by atoms with Gasteiger partial charge in [0.25, 0.3) is 0 Å². The summed E-state index contributed by atoms with van der Waals surface area (Å²) in [6, 6.07) is 5.63. The topological polar surface area (TPSA) is 53.1 Å². The molecule has 0 amide bonds. The molecule has 2 N–H and O–H groups in total. The number of nitrogens with zero attached hydrogens (tertiary/aromatic N) is 2. The minimum Gasteiger partial charge on any atom is -0.490 e. The van der Waals surface area contributed by atoms with Gasteiger partial charge in [-0.05, 0) is 34.5 Å². The summed E-state index contributed by atoms with van der Waals surface area (Å²) >= 11 is 3.42. The van der Waals surface area contributed by atoms with Crippen molar-refractivity contribution in [2.75, 3.05) is 12.3 Å². The summed E-state index contributed by atoms with van der Waals surface area (Å²) < 4.78 is 8.57. The van der Waals surface area contributed by atoms with E-state index in [0.29, 0.717) is 12.3 Å². The summed E-state index contributed by atoms with van der Waals surface area (Å²) in [5.41, 5.74) is 6.48. The number of para-hydroxylation sites is 1. The molecule has 0 unspecified atom stereocenters. The molecule has 4 nitrogen and oxygen atoms in total. The quantitative estimate of drug-likeness (QED) is 0.682. The number of nitrogen functional groups attached to an aromatic ring is 1. The highest BCUT2D eigenvalue weighted by Crippen LogP contribution is 2.30. The van der Waals surface area contributed by atoms with Crippen LogP contribution in [0.4, 0.5) is 5.69 Å². The molecule has 0 aliphatic rings. The van der Waals surface area contributed by atoms with Crippen LogP contribution in [-0.4, -0.2) is 16.2 Å². The summed E-state index contributed by atoms with van der Waals surface area (Å²) in [6.45, 7) is 1.52. The smallest absolute Gasteiger partial charge is 0.156 e. The Morgan fingerprint density at radius 2 is 2.29 bits per heavy atom. The third-order valence-corrected chi connectivity index (χ3v) is 2.99. The largest absolute Gasteiger partial charge is 0.490 e. The van der Waals surface area contributed by atoms with Crippen LogP contribution in [-0.2, 0) is 6.54 Å². The van der Waals surface area contributed by atoms with E-state index in [2.05, 4.69) is 20.9 Å². The summed E-state index contributed by atoms with van der Waals surface area (Å²) in [4.78, 5) is 3.98. The first-order chi connectivity index (χ1) is 8.27. The normalized spacial score (nSPS) is 10.4. The van der Waals surface area contributed by atoms with E-state index in [0.717, 1.165) is 23.2 Å². The van der Waals surface area contributed by atoms with Gasteiger partial charge in [-0.25, -0.2) is 4.98 Å². The van der Waals surface area contributed by atoms with Gasteiger partial charge in [0.2, 0.25) is 0 Å². The summed E-state index contributed by atoms with van der Waals surface area (Å²) in [5, 5.41) is 0. The van der Waals surface area contributed by atoms with Gasteiger partial charge >= 0.3 is 0 Å². The van der Waals surface area contributed by atoms with Gasteiger partial charge in [0.05, 0.1) is 23.1 Å². The Morgan fingerprint density at radius 3 is 3.00 bits per heavy atom. The Labute approximate surface area is 109 Å². The Bertz CT molecular complexity index is 450. The van der Waals surface area contributed by atoms with Gasteiger partial charge in [-0.3, -0.25) is 0 Å². The minimum atomic E-state index is 0.630. The Hall–Kier alpha value is -1.49. The number of nitrogens with two attached hydrogens (primary N) is 1. The van der Waals surface area contributed by atoms with Gasteiger partial charge in [0.15, 0.2) is 5.75 Å². The number of hydrogen-bond acceptors (Lipinski definition) is 3. The van der Waals surface area contributed by atoms with Crippen LogP contribution in [0.1, 0.15) is 6.42 Å². The van der Waals surface area contributed by atoms with Crippen LogP contribution in [0, 0.1) is 0 Å². The predicted molar refractivity (Wildman–Crippen MR) is 70.9 cm³/mol. The number of anilines is 1. The van der Waals surface area contributed by atoms with Gasteiger partial charge in [-0.1, -0.05) is 6.07 Å². The number of rotatable bonds is 5. The molecule has 5 heteroatoms. The summed E-state index contributed by atoms with van der Waals surface area (Å²) in [7, 11) is 0. The SMILES string of the molecule is Nc1cccc(Br)c1OCCCn1ccnc1. The molecule has 0 spiro atoms. The number of aryl methyl sites for hydroxylation is 1. The van der Waals surface area contributed by atoms with E-state index in [4.69, 9.17) is 10.5 Å². The van der Waals surface area contributed by atoms with Gasteiger partial charge in [-0.2, -0.15) is 0 Å². The van der Waals surface area contributed by atoms with Crippen molar-refractivity contribution >= 4 is 21.6 Å². The van der Waals surface area contributed by atoms with Crippen molar-refractivity contribution in [3.63, 3.8) is 0 Å². The maximum absolute atomic E-state index is 5.83. The number of benzene rings is 1. The van der Waals surface area contributed by atoms with Crippen molar-refractivity contribution in [2.24, 2.45) is 0 Å². The summed E-state index contributed by atoms with van der Waals surface area (Å²) in [5.74, 6) is 0.720. The molecule has 2 aromatic rings. The lowest BCUT2D eigenvalue weighted by molar-refractivity contribution is 0.301. The fourth-order valence-corrected chi connectivity index (χ4v) is 2.01. The van der Waals surface area contributed by atoms with Crippen molar-refractivity contribution in [2.45, 2.75) is 13.0 Å². The van der Waals surface area contributed by atoms with Crippen LogP contribution < -0.4 is 10.5 Å². The molecule has 0 atom stereocenters. The summed E-state index contributed by atoms with van der Waals surface area (Å²) in [6.07, 6.45) is 6.42. The van der Waals surface area contributed by atoms with Gasteiger partial charge in [-0.15, -0.1) is 0 Å². The highest BCUT2D eigenvalue weighted by atomic mass is 79.9. The van der Waals surface area contributed by atoms with Gasteiger partial charge in [0, 0.05) is 18.9 Å². The lowest BCUT2D eigenvalue weighted by atomic mass is 10.3. The standard InChI is InChI=1S/C12H14BrN3O/c13-10-3-1-4-11(14)12(10)17-8-2-6-16-7-5-15-9-16/h1,3-5,7,9H,2,6,8,14H2. The van der Waals surface area contributed by atoms with Crippen molar-refractivity contribution < 1.29 is 4.74 Å². The first-order valence-electron chi connectivity index (χ1n) is 5.40. The molecule has 90 valence electrons. The Balaban J connectivity index is 1.82. The van der Waals surface area contributed by atoms with Crippen molar-refractivity contribution in [3.05, 3.63) is 41.4 Å². The fourth-order valence-electron chi connectivity index (χ4n) is 1.52. The van der Waals surface area contributed by atoms with Crippen molar-refractivity contribution in [1.82, 2.24) is 9.55 Å². The number of imidazole rings is 1. The van der Waals surface area contributed by atoms with Crippen LogP contribution in [0.3, 0.4) is 0 Å². The van der Waals surface area contributed by atoms with E-state index in [1.165, 1.54) is 0 Å². The van der Waals surface area contributed by atoms with Crippen LogP contribution >= 0.6 is 15.9 Å². The number of ether oxygens (including phenoxy) is 1. The Kier molecular flexibility index (Phi) is 4.03. The molecule has 1 aromatic heterocycles. The zero-order valence-corrected chi connectivity index (χ0v) is 10.9. The number of hydrogen-bond donors (Lipinski definition) is 1. The molecule has 1 aromatic carbocycles. The van der Waals surface area contributed by atoms with Crippen LogP contribution in [0.25, 0.3) is 0 Å². The fraction of sp³-hybridized carbons (Fsp3) is 0.250. The maximum atomic E-state index is 5.83. The van der Waals surface area contributed by atoms with E-state index in [-0.39, 0.29) is 0 Å². The average Bonchev–Trinajstić information content (AvgIpc) is 2.80. The zero-order valence-electron chi connectivity index (χ0n) is 9.34. The zero-order chi connectivity index (χ0) is 12.1. The first kappa shape index (κ1) is 12.0. The third-order valence-electron chi connectivity index (χ3n) is 2.36. The van der Waals surface area contributed by atoms with E-state index < -0.39 is 0 Å². The van der Waals surface area contributed by atoms with E-state index in [9.17, 15) is 0 Å². The van der Waals surface area contributed by atoms with Crippen molar-refractivity contribution in [3.8, 4) is 5.75 Å². The highest BCUT2D eigenvalue weighted by Gasteiger charge is 2.04. The monoisotopic (exact) mass is 295 g/mol. The lowest BCUT2D eigenvalue weighted by Crippen LogP contribution is -2.04. The molecule has 1 heterocycles. The van der Waals surface area contributed by atoms with Crippen LogP contribution in [0.5, 0.6) is 5.75 Å². The molecule has 0 saturated heterocycles. The molecule has 2 rings (SSSR count). The lowest BCUT2D eigenvalue weighted by Gasteiger charge is -2.10. The minimum absolute atomic E-state index is 0.630. The second-order valence-electron chi connectivity index (χ2n) is 3.66. The number of aromatic nitrogens is 2. The molecular formula is C12H14BrN3O. The Morgan fingerprint density at radius 1 is 1.41 bits per heavy atom. The molecule has 0 radical (unpaired) electrons. The van der Waals surface area contributed by atoms with E-state index in [1.54, 1.807) is 12.5 Å². The molecule has 0 aliphatic carbocycles. The second kappa shape index (κ2) is 5.72. The molecule has 17 heavy (non-hydrogen) atoms. The van der Waals surface area contributed by atoms with E-state index >= 15 is 0 Å². The number of halogens is 1. The first-order valence-corrected chi connectivity index (χ1v) is 6.19. The molecule has 0 bridgehead atoms. The maximum Gasteiger partial charge on any atom is 0.156 e. The molecule has 0 aliphatic heterocycles. The van der Waals surface area contributed by atoms with Gasteiger partial charge in [0.1, 0.15) is 0 Å². The van der Waals surface area contributed by atoms with E-state index in [1.807, 2.05) is 29.0 Å². The highest BCUT2D eigenvalue weighted by molar-refractivity contribution is 9.10. The molecular weight excluding hydrogens is 282 g/mol. The average molecular weight is 296 g/mol. The third kappa shape index (κ3) is 3.23. The second-order valence-corrected chi connectivity index (χ2v) is 4.52. The predicted octanol–water partition coefficient (Wildman–Crippen LogP) is 2.70. The van der Waals surface area contributed by atoms with Crippen LogP contribution in [0.2, 0.25) is 0 Å². The van der Waals surface area contributed by atoms with Gasteiger partial charge < -0.3 is 15.0 Å².